The topological polar surface area (TPSA) is 66.4 Å². The summed E-state index contributed by atoms with van der Waals surface area (Å²) in [6.45, 7) is 1.07. The minimum absolute atomic E-state index is 0.0327. The number of fused-ring (bicyclic) bond motifs is 1. The molecule has 2 unspecified atom stereocenters. The number of rotatable bonds is 5. The van der Waals surface area contributed by atoms with Crippen LogP contribution in [0.2, 0.25) is 5.02 Å². The molecule has 4 nitrogen and oxygen atoms in total. The van der Waals surface area contributed by atoms with E-state index in [1.165, 1.54) is 11.3 Å². The molecule has 1 aromatic heterocycles. The molecule has 2 aromatic carbocycles. The van der Waals surface area contributed by atoms with E-state index < -0.39 is 36.4 Å². The van der Waals surface area contributed by atoms with Gasteiger partial charge in [0, 0.05) is 22.6 Å². The van der Waals surface area contributed by atoms with Crippen LogP contribution in [0.1, 0.15) is 16.8 Å². The summed E-state index contributed by atoms with van der Waals surface area (Å²) in [4.78, 5) is 22.8. The Labute approximate surface area is 173 Å². The Balaban J connectivity index is 1.89. The molecule has 152 valence electrons. The van der Waals surface area contributed by atoms with Gasteiger partial charge in [0.2, 0.25) is 13.3 Å². The lowest BCUT2D eigenvalue weighted by Crippen LogP contribution is -2.25. The van der Waals surface area contributed by atoms with Crippen molar-refractivity contribution in [2.75, 3.05) is 6.66 Å². The molecule has 1 heterocycles. The standard InChI is InChI=1S/C19H14ClF3NO3PS/c1-28(26,27)18(13-9-29-16-3-2-11(20)8-12(13)16)19(25)24-5-4-10-6-14(21)17(23)15(22)7-10/h2-9,18H,1H3,(H,24,25)(H,26,27). The summed E-state index contributed by atoms with van der Waals surface area (Å²) in [5, 5.41) is 4.96. The van der Waals surface area contributed by atoms with Gasteiger partial charge in [0.1, 0.15) is 5.66 Å². The quantitative estimate of drug-likeness (QED) is 0.380. The normalized spacial score (nSPS) is 14.8. The van der Waals surface area contributed by atoms with Crippen LogP contribution in [0.3, 0.4) is 0 Å². The number of hydrogen-bond donors (Lipinski definition) is 2. The van der Waals surface area contributed by atoms with Gasteiger partial charge < -0.3 is 10.2 Å². The Bertz CT molecular complexity index is 1150. The van der Waals surface area contributed by atoms with Crippen molar-refractivity contribution in [3.05, 3.63) is 75.5 Å². The number of carbonyl (C=O) groups excluding carboxylic acids is 1. The lowest BCUT2D eigenvalue weighted by Gasteiger charge is -2.18. The molecule has 0 spiro atoms. The highest BCUT2D eigenvalue weighted by Crippen LogP contribution is 2.54. The van der Waals surface area contributed by atoms with Crippen molar-refractivity contribution in [3.8, 4) is 0 Å². The lowest BCUT2D eigenvalue weighted by atomic mass is 10.1. The van der Waals surface area contributed by atoms with Crippen LogP contribution in [0.15, 0.2) is 41.9 Å². The molecule has 0 aliphatic carbocycles. The van der Waals surface area contributed by atoms with Gasteiger partial charge in [0.25, 0.3) is 0 Å². The number of nitrogens with one attached hydrogen (secondary N) is 1. The van der Waals surface area contributed by atoms with Crippen LogP contribution in [0.4, 0.5) is 13.2 Å². The molecule has 0 radical (unpaired) electrons. The van der Waals surface area contributed by atoms with Crippen LogP contribution in [-0.2, 0) is 9.36 Å². The largest absolute Gasteiger partial charge is 0.344 e. The maximum absolute atomic E-state index is 13.3. The highest BCUT2D eigenvalue weighted by Gasteiger charge is 2.36. The van der Waals surface area contributed by atoms with Crippen LogP contribution in [0.25, 0.3) is 16.2 Å². The van der Waals surface area contributed by atoms with Gasteiger partial charge in [-0.25, -0.2) is 13.2 Å². The summed E-state index contributed by atoms with van der Waals surface area (Å²) < 4.78 is 52.8. The van der Waals surface area contributed by atoms with Gasteiger partial charge in [-0.1, -0.05) is 11.6 Å². The van der Waals surface area contributed by atoms with Crippen molar-refractivity contribution in [2.45, 2.75) is 5.66 Å². The highest BCUT2D eigenvalue weighted by molar-refractivity contribution is 7.58. The van der Waals surface area contributed by atoms with Crippen molar-refractivity contribution in [2.24, 2.45) is 0 Å². The zero-order valence-corrected chi connectivity index (χ0v) is 17.3. The molecule has 0 aliphatic rings. The summed E-state index contributed by atoms with van der Waals surface area (Å²) in [5.74, 6) is -5.12. The van der Waals surface area contributed by atoms with Crippen molar-refractivity contribution >= 4 is 52.4 Å². The van der Waals surface area contributed by atoms with Crippen LogP contribution >= 0.6 is 30.3 Å². The van der Waals surface area contributed by atoms with Crippen LogP contribution < -0.4 is 5.32 Å². The average molecular weight is 460 g/mol. The predicted molar refractivity (Wildman–Crippen MR) is 109 cm³/mol. The molecular weight excluding hydrogens is 446 g/mol. The molecule has 2 N–H and O–H groups in total. The molecule has 0 bridgehead atoms. The Hall–Kier alpha value is -2.12. The molecule has 3 rings (SSSR count). The fourth-order valence-corrected chi connectivity index (χ4v) is 5.30. The van der Waals surface area contributed by atoms with Gasteiger partial charge in [-0.3, -0.25) is 9.36 Å². The summed E-state index contributed by atoms with van der Waals surface area (Å²) in [7, 11) is -3.93. The number of halogens is 4. The third kappa shape index (κ3) is 4.73. The first-order chi connectivity index (χ1) is 13.6. The van der Waals surface area contributed by atoms with E-state index in [2.05, 4.69) is 5.32 Å². The first-order valence-electron chi connectivity index (χ1n) is 8.16. The third-order valence-electron chi connectivity index (χ3n) is 4.10. The summed E-state index contributed by atoms with van der Waals surface area (Å²) in [5.41, 5.74) is -1.05. The molecule has 0 fully saturated rings. The Morgan fingerprint density at radius 2 is 1.90 bits per heavy atom. The molecule has 0 saturated carbocycles. The molecule has 29 heavy (non-hydrogen) atoms. The molecule has 1 amide bonds. The van der Waals surface area contributed by atoms with E-state index in [9.17, 15) is 27.4 Å². The lowest BCUT2D eigenvalue weighted by molar-refractivity contribution is -0.120. The van der Waals surface area contributed by atoms with E-state index in [4.69, 9.17) is 11.6 Å². The van der Waals surface area contributed by atoms with Gasteiger partial charge in [-0.05, 0) is 58.3 Å². The summed E-state index contributed by atoms with van der Waals surface area (Å²) in [6.07, 6.45) is 2.21. The Morgan fingerprint density at radius 3 is 2.52 bits per heavy atom. The number of amides is 1. The van der Waals surface area contributed by atoms with E-state index in [-0.39, 0.29) is 5.56 Å². The smallest absolute Gasteiger partial charge is 0.241 e. The molecule has 3 aromatic rings. The van der Waals surface area contributed by atoms with Crippen LogP contribution in [0, 0.1) is 17.5 Å². The molecule has 2 atom stereocenters. The van der Waals surface area contributed by atoms with Gasteiger partial charge in [-0.2, -0.15) is 0 Å². The Morgan fingerprint density at radius 1 is 1.24 bits per heavy atom. The van der Waals surface area contributed by atoms with E-state index in [1.54, 1.807) is 23.6 Å². The van der Waals surface area contributed by atoms with Gasteiger partial charge in [0.05, 0.1) is 0 Å². The maximum Gasteiger partial charge on any atom is 0.241 e. The number of carbonyl (C=O) groups is 1. The van der Waals surface area contributed by atoms with Crippen molar-refractivity contribution in [1.82, 2.24) is 5.32 Å². The second kappa shape index (κ2) is 8.32. The maximum atomic E-state index is 13.3. The average Bonchev–Trinajstić information content (AvgIpc) is 3.01. The van der Waals surface area contributed by atoms with Crippen LogP contribution in [0.5, 0.6) is 0 Å². The van der Waals surface area contributed by atoms with E-state index in [1.807, 2.05) is 0 Å². The second-order valence-electron chi connectivity index (χ2n) is 6.32. The molecule has 0 aliphatic heterocycles. The number of hydrogen-bond acceptors (Lipinski definition) is 3. The fourth-order valence-electron chi connectivity index (χ4n) is 2.82. The second-order valence-corrected chi connectivity index (χ2v) is 10.1. The third-order valence-corrected chi connectivity index (χ3v) is 6.78. The minimum Gasteiger partial charge on any atom is -0.344 e. The molecule has 0 saturated heterocycles. The highest BCUT2D eigenvalue weighted by atomic mass is 35.5. The van der Waals surface area contributed by atoms with E-state index >= 15 is 0 Å². The van der Waals surface area contributed by atoms with Gasteiger partial charge >= 0.3 is 0 Å². The van der Waals surface area contributed by atoms with Crippen molar-refractivity contribution in [3.63, 3.8) is 0 Å². The molecule has 10 heteroatoms. The van der Waals surface area contributed by atoms with Crippen molar-refractivity contribution < 1.29 is 27.4 Å². The monoisotopic (exact) mass is 459 g/mol. The summed E-state index contributed by atoms with van der Waals surface area (Å²) in [6, 6.07) is 6.54. The van der Waals surface area contributed by atoms with Crippen LogP contribution in [-0.4, -0.2) is 17.5 Å². The van der Waals surface area contributed by atoms with E-state index in [0.717, 1.165) is 35.8 Å². The number of benzene rings is 2. The summed E-state index contributed by atoms with van der Waals surface area (Å²) >= 11 is 7.31. The zero-order valence-electron chi connectivity index (χ0n) is 14.8. The Kier molecular flexibility index (Phi) is 6.19. The molecular formula is C19H14ClF3NO3PS. The first kappa shape index (κ1) is 21.6. The zero-order chi connectivity index (χ0) is 21.3. The fraction of sp³-hybridized carbons (Fsp3) is 0.105. The predicted octanol–water partition coefficient (Wildman–Crippen LogP) is 5.70. The van der Waals surface area contributed by atoms with Gasteiger partial charge in [-0.15, -0.1) is 11.3 Å². The van der Waals surface area contributed by atoms with E-state index in [0.29, 0.717) is 16.0 Å². The van der Waals surface area contributed by atoms with Crippen molar-refractivity contribution in [1.29, 1.82) is 0 Å². The first-order valence-corrected chi connectivity index (χ1v) is 11.6. The number of thiophene rings is 1. The SMILES string of the molecule is CP(=O)(O)C(C(=O)NC=Cc1cc(F)c(F)c(F)c1)c1csc2ccc(Cl)cc12. The van der Waals surface area contributed by atoms with Gasteiger partial charge in [0.15, 0.2) is 17.5 Å². The minimum atomic E-state index is -3.93.